The van der Waals surface area contributed by atoms with Crippen molar-refractivity contribution in [1.29, 1.82) is 0 Å². The average molecular weight is 367 g/mol. The molecule has 1 amide bonds. The maximum Gasteiger partial charge on any atom is 0.240 e. The van der Waals surface area contributed by atoms with E-state index in [4.69, 9.17) is 0 Å². The van der Waals surface area contributed by atoms with Gasteiger partial charge in [-0.2, -0.15) is 4.68 Å². The first-order valence-corrected chi connectivity index (χ1v) is 9.14. The Hall–Kier alpha value is -2.67. The average Bonchev–Trinajstić information content (AvgIpc) is 3.10. The number of thioether (sulfide) groups is 1. The molecule has 0 N–H and O–H groups in total. The fraction of sp³-hybridized carbons (Fsp3) is 0.263. The Morgan fingerprint density at radius 1 is 1.08 bits per heavy atom. The van der Waals surface area contributed by atoms with Crippen LogP contribution >= 0.6 is 11.8 Å². The lowest BCUT2D eigenvalue weighted by atomic mass is 10.1. The van der Waals surface area contributed by atoms with Crippen molar-refractivity contribution in [2.24, 2.45) is 0 Å². The lowest BCUT2D eigenvalue weighted by Gasteiger charge is -2.20. The maximum absolute atomic E-state index is 12.8. The number of carbonyl (C=O) groups is 1. The molecule has 2 aromatic carbocycles. The van der Waals surface area contributed by atoms with Crippen molar-refractivity contribution in [2.75, 3.05) is 14.1 Å². The number of benzene rings is 2. The lowest BCUT2D eigenvalue weighted by Crippen LogP contribution is -2.27. The highest BCUT2D eigenvalue weighted by Crippen LogP contribution is 2.36. The zero-order valence-corrected chi connectivity index (χ0v) is 16.1. The van der Waals surface area contributed by atoms with Crippen LogP contribution in [0, 0.1) is 13.8 Å². The Morgan fingerprint density at radius 3 is 2.50 bits per heavy atom. The summed E-state index contributed by atoms with van der Waals surface area (Å²) in [5.74, 6) is -0.00304. The number of nitrogens with zero attached hydrogens (tertiary/aromatic N) is 5. The first-order valence-electron chi connectivity index (χ1n) is 8.26. The van der Waals surface area contributed by atoms with Crippen LogP contribution in [0.25, 0.3) is 5.69 Å². The van der Waals surface area contributed by atoms with E-state index in [1.54, 1.807) is 23.7 Å². The smallest absolute Gasteiger partial charge is 0.240 e. The number of aryl methyl sites for hydroxylation is 1. The number of carbonyl (C=O) groups excluding carboxylic acids is 1. The van der Waals surface area contributed by atoms with E-state index in [2.05, 4.69) is 28.5 Å². The fourth-order valence-corrected chi connectivity index (χ4v) is 3.73. The minimum Gasteiger partial charge on any atom is -0.348 e. The van der Waals surface area contributed by atoms with Gasteiger partial charge in [0.1, 0.15) is 5.25 Å². The number of hydrogen-bond donors (Lipinski definition) is 0. The first-order chi connectivity index (χ1) is 12.5. The minimum atomic E-state index is -0.416. The van der Waals surface area contributed by atoms with Gasteiger partial charge in [0.05, 0.1) is 5.69 Å². The fourth-order valence-electron chi connectivity index (χ4n) is 2.60. The van der Waals surface area contributed by atoms with Gasteiger partial charge in [-0.3, -0.25) is 4.79 Å². The molecule has 0 aliphatic heterocycles. The zero-order chi connectivity index (χ0) is 18.7. The van der Waals surface area contributed by atoms with Crippen LogP contribution in [0.2, 0.25) is 0 Å². The quantitative estimate of drug-likeness (QED) is 0.648. The Balaban J connectivity index is 2.00. The van der Waals surface area contributed by atoms with Crippen LogP contribution in [0.3, 0.4) is 0 Å². The van der Waals surface area contributed by atoms with Crippen molar-refractivity contribution in [1.82, 2.24) is 25.1 Å². The van der Waals surface area contributed by atoms with E-state index in [1.807, 2.05) is 49.4 Å². The van der Waals surface area contributed by atoms with Gasteiger partial charge in [0, 0.05) is 14.1 Å². The standard InChI is InChI=1S/C19H21N5OS/c1-13-9-8-12-16(14(13)2)24-19(20-21-22-24)26-17(18(25)23(3)4)15-10-6-5-7-11-15/h5-12,17H,1-4H3/t17-/m0/s1. The number of hydrogen-bond acceptors (Lipinski definition) is 5. The zero-order valence-electron chi connectivity index (χ0n) is 15.2. The van der Waals surface area contributed by atoms with Crippen molar-refractivity contribution in [3.05, 3.63) is 65.2 Å². The van der Waals surface area contributed by atoms with Gasteiger partial charge in [-0.25, -0.2) is 0 Å². The third-order valence-corrected chi connectivity index (χ3v) is 5.41. The molecule has 0 aliphatic rings. The molecule has 0 unspecified atom stereocenters. The van der Waals surface area contributed by atoms with Gasteiger partial charge in [0.15, 0.2) is 0 Å². The molecule has 1 heterocycles. The van der Waals surface area contributed by atoms with Gasteiger partial charge in [-0.1, -0.05) is 54.2 Å². The molecule has 134 valence electrons. The maximum atomic E-state index is 12.8. The summed E-state index contributed by atoms with van der Waals surface area (Å²) in [4.78, 5) is 14.4. The number of amides is 1. The second kappa shape index (κ2) is 7.70. The van der Waals surface area contributed by atoms with Crippen molar-refractivity contribution in [3.8, 4) is 5.69 Å². The predicted molar refractivity (Wildman–Crippen MR) is 102 cm³/mol. The summed E-state index contributed by atoms with van der Waals surface area (Å²) in [6.45, 7) is 4.10. The highest BCUT2D eigenvalue weighted by molar-refractivity contribution is 8.00. The second-order valence-electron chi connectivity index (χ2n) is 6.23. The van der Waals surface area contributed by atoms with Gasteiger partial charge in [0.2, 0.25) is 11.1 Å². The topological polar surface area (TPSA) is 63.9 Å². The highest BCUT2D eigenvalue weighted by atomic mass is 32.2. The highest BCUT2D eigenvalue weighted by Gasteiger charge is 2.26. The summed E-state index contributed by atoms with van der Waals surface area (Å²) < 4.78 is 1.70. The van der Waals surface area contributed by atoms with E-state index in [1.165, 1.54) is 11.8 Å². The molecule has 6 nitrogen and oxygen atoms in total. The molecule has 26 heavy (non-hydrogen) atoms. The van der Waals surface area contributed by atoms with Gasteiger partial charge >= 0.3 is 0 Å². The molecule has 0 aliphatic carbocycles. The third-order valence-electron chi connectivity index (χ3n) is 4.24. The normalized spacial score (nSPS) is 12.0. The van der Waals surface area contributed by atoms with Crippen LogP contribution in [0.5, 0.6) is 0 Å². The molecule has 0 saturated heterocycles. The van der Waals surface area contributed by atoms with E-state index in [0.29, 0.717) is 5.16 Å². The summed E-state index contributed by atoms with van der Waals surface area (Å²) in [7, 11) is 3.51. The van der Waals surface area contributed by atoms with Crippen LogP contribution in [0.15, 0.2) is 53.7 Å². The Kier molecular flexibility index (Phi) is 5.37. The summed E-state index contributed by atoms with van der Waals surface area (Å²) in [6.07, 6.45) is 0. The molecule has 3 aromatic rings. The molecular weight excluding hydrogens is 346 g/mol. The largest absolute Gasteiger partial charge is 0.348 e. The first kappa shape index (κ1) is 18.1. The summed E-state index contributed by atoms with van der Waals surface area (Å²) in [5.41, 5.74) is 4.11. The van der Waals surface area contributed by atoms with E-state index in [0.717, 1.165) is 22.4 Å². The molecule has 7 heteroatoms. The number of aromatic nitrogens is 4. The molecule has 0 spiro atoms. The minimum absolute atomic E-state index is 0.00304. The molecule has 0 bridgehead atoms. The van der Waals surface area contributed by atoms with Crippen LogP contribution in [-0.4, -0.2) is 45.1 Å². The Labute approximate surface area is 157 Å². The van der Waals surface area contributed by atoms with Crippen LogP contribution < -0.4 is 0 Å². The Morgan fingerprint density at radius 2 is 1.81 bits per heavy atom. The molecular formula is C19H21N5OS. The van der Waals surface area contributed by atoms with Gasteiger partial charge in [0.25, 0.3) is 0 Å². The van der Waals surface area contributed by atoms with Crippen molar-refractivity contribution in [2.45, 2.75) is 24.3 Å². The molecule has 1 aromatic heterocycles. The monoisotopic (exact) mass is 367 g/mol. The van der Waals surface area contributed by atoms with E-state index in [-0.39, 0.29) is 5.91 Å². The third kappa shape index (κ3) is 3.62. The predicted octanol–water partition coefficient (Wildman–Crippen LogP) is 3.20. The molecule has 1 atom stereocenters. The molecule has 3 rings (SSSR count). The summed E-state index contributed by atoms with van der Waals surface area (Å²) in [5, 5.41) is 12.3. The van der Waals surface area contributed by atoms with Gasteiger partial charge < -0.3 is 4.90 Å². The lowest BCUT2D eigenvalue weighted by molar-refractivity contribution is -0.128. The van der Waals surface area contributed by atoms with Crippen molar-refractivity contribution < 1.29 is 4.79 Å². The number of likely N-dealkylation sites (N-methyl/N-ethyl adjacent to an activating group) is 1. The van der Waals surface area contributed by atoms with E-state index >= 15 is 0 Å². The van der Waals surface area contributed by atoms with E-state index < -0.39 is 5.25 Å². The van der Waals surface area contributed by atoms with Crippen LogP contribution in [0.4, 0.5) is 0 Å². The Bertz CT molecular complexity index is 907. The summed E-state index contributed by atoms with van der Waals surface area (Å²) in [6, 6.07) is 15.7. The van der Waals surface area contributed by atoms with Crippen LogP contribution in [-0.2, 0) is 4.79 Å². The van der Waals surface area contributed by atoms with Crippen molar-refractivity contribution in [3.63, 3.8) is 0 Å². The second-order valence-corrected chi connectivity index (χ2v) is 7.31. The number of tetrazole rings is 1. The number of rotatable bonds is 5. The van der Waals surface area contributed by atoms with Gasteiger partial charge in [-0.05, 0) is 47.0 Å². The van der Waals surface area contributed by atoms with E-state index in [9.17, 15) is 4.79 Å². The summed E-state index contributed by atoms with van der Waals surface area (Å²) >= 11 is 1.36. The van der Waals surface area contributed by atoms with Gasteiger partial charge in [-0.15, -0.1) is 5.10 Å². The molecule has 0 radical (unpaired) electrons. The SMILES string of the molecule is Cc1cccc(-n2nnnc2S[C@H](C(=O)N(C)C)c2ccccc2)c1C. The molecule has 0 saturated carbocycles. The molecule has 0 fully saturated rings. The van der Waals surface area contributed by atoms with Crippen molar-refractivity contribution >= 4 is 17.7 Å². The van der Waals surface area contributed by atoms with Crippen LogP contribution in [0.1, 0.15) is 21.9 Å².